The van der Waals surface area contributed by atoms with Gasteiger partial charge in [-0.2, -0.15) is 0 Å². The molecule has 0 N–H and O–H groups in total. The van der Waals surface area contributed by atoms with Crippen molar-refractivity contribution in [2.45, 2.75) is 13.0 Å². The molecule has 0 spiro atoms. The standard InChI is InChI=1S/C13H13BrINO2/c1-7(6-16(2)3)12-9-4-8(14)5-10(15)11(9)13(17)18-12/h4-6,12H,1-3H3. The lowest BCUT2D eigenvalue weighted by atomic mass is 10.0. The number of hydrogen-bond donors (Lipinski definition) is 0. The van der Waals surface area contributed by atoms with Gasteiger partial charge in [0.25, 0.3) is 0 Å². The van der Waals surface area contributed by atoms with Crippen molar-refractivity contribution in [2.24, 2.45) is 0 Å². The molecule has 2 rings (SSSR count). The summed E-state index contributed by atoms with van der Waals surface area (Å²) >= 11 is 5.63. The molecular formula is C13H13BrINO2. The first-order chi connectivity index (χ1) is 8.40. The molecule has 0 amide bonds. The minimum atomic E-state index is -0.277. The van der Waals surface area contributed by atoms with Gasteiger partial charge < -0.3 is 9.64 Å². The summed E-state index contributed by atoms with van der Waals surface area (Å²) < 4.78 is 7.35. The maximum atomic E-state index is 11.9. The van der Waals surface area contributed by atoms with Crippen LogP contribution in [0.3, 0.4) is 0 Å². The van der Waals surface area contributed by atoms with E-state index in [1.54, 1.807) is 0 Å². The second kappa shape index (κ2) is 5.21. The molecule has 0 bridgehead atoms. The lowest BCUT2D eigenvalue weighted by Crippen LogP contribution is -2.07. The van der Waals surface area contributed by atoms with E-state index in [0.29, 0.717) is 5.56 Å². The van der Waals surface area contributed by atoms with Crippen molar-refractivity contribution < 1.29 is 9.53 Å². The summed E-state index contributed by atoms with van der Waals surface area (Å²) in [5.41, 5.74) is 2.64. The molecule has 1 aliphatic rings. The smallest absolute Gasteiger partial charge is 0.340 e. The number of halogens is 2. The van der Waals surface area contributed by atoms with E-state index in [1.165, 1.54) is 0 Å². The van der Waals surface area contributed by atoms with Crippen molar-refractivity contribution in [1.29, 1.82) is 0 Å². The van der Waals surface area contributed by atoms with Gasteiger partial charge in [0.15, 0.2) is 6.10 Å². The molecule has 18 heavy (non-hydrogen) atoms. The average molecular weight is 422 g/mol. The van der Waals surface area contributed by atoms with Gasteiger partial charge in [-0.1, -0.05) is 15.9 Å². The van der Waals surface area contributed by atoms with Crippen molar-refractivity contribution in [2.75, 3.05) is 14.1 Å². The monoisotopic (exact) mass is 421 g/mol. The number of carbonyl (C=O) groups excluding carboxylic acids is 1. The van der Waals surface area contributed by atoms with Crippen LogP contribution in [0, 0.1) is 3.57 Å². The summed E-state index contributed by atoms with van der Waals surface area (Å²) in [4.78, 5) is 13.9. The van der Waals surface area contributed by atoms with E-state index in [0.717, 1.165) is 19.2 Å². The summed E-state index contributed by atoms with van der Waals surface area (Å²) in [7, 11) is 3.90. The fourth-order valence-corrected chi connectivity index (χ4v) is 3.83. The van der Waals surface area contributed by atoms with Crippen molar-refractivity contribution in [3.05, 3.63) is 43.1 Å². The average Bonchev–Trinajstić information content (AvgIpc) is 2.54. The Morgan fingerprint density at radius 1 is 1.50 bits per heavy atom. The van der Waals surface area contributed by atoms with Gasteiger partial charge in [-0.15, -0.1) is 0 Å². The molecule has 0 radical (unpaired) electrons. The van der Waals surface area contributed by atoms with Gasteiger partial charge in [-0.05, 0) is 47.2 Å². The van der Waals surface area contributed by atoms with Crippen LogP contribution in [0.1, 0.15) is 28.9 Å². The van der Waals surface area contributed by atoms with E-state index in [-0.39, 0.29) is 12.1 Å². The SMILES string of the molecule is CC(=CN(C)C)C1OC(=O)c2c(I)cc(Br)cc21. The third kappa shape index (κ3) is 2.56. The Hall–Kier alpha value is -0.560. The number of cyclic esters (lactones) is 1. The Labute approximate surface area is 128 Å². The van der Waals surface area contributed by atoms with Crippen LogP contribution in [0.4, 0.5) is 0 Å². The van der Waals surface area contributed by atoms with Gasteiger partial charge in [0, 0.05) is 33.9 Å². The highest BCUT2D eigenvalue weighted by Crippen LogP contribution is 2.39. The normalized spacial score (nSPS) is 18.6. The summed E-state index contributed by atoms with van der Waals surface area (Å²) in [5, 5.41) is 0. The van der Waals surface area contributed by atoms with Crippen molar-refractivity contribution in [3.63, 3.8) is 0 Å². The van der Waals surface area contributed by atoms with E-state index in [4.69, 9.17) is 4.74 Å². The molecule has 1 aliphatic heterocycles. The third-order valence-electron chi connectivity index (χ3n) is 2.67. The Bertz CT molecular complexity index is 540. The quantitative estimate of drug-likeness (QED) is 0.538. The topological polar surface area (TPSA) is 29.5 Å². The van der Waals surface area contributed by atoms with E-state index >= 15 is 0 Å². The van der Waals surface area contributed by atoms with Gasteiger partial charge in [0.2, 0.25) is 0 Å². The van der Waals surface area contributed by atoms with Crippen molar-refractivity contribution in [1.82, 2.24) is 4.90 Å². The molecule has 0 saturated heterocycles. The van der Waals surface area contributed by atoms with Crippen molar-refractivity contribution >= 4 is 44.5 Å². The van der Waals surface area contributed by atoms with E-state index in [2.05, 4.69) is 38.5 Å². The largest absolute Gasteiger partial charge is 0.449 e. The van der Waals surface area contributed by atoms with Crippen LogP contribution in [-0.4, -0.2) is 25.0 Å². The number of carbonyl (C=O) groups is 1. The van der Waals surface area contributed by atoms with Gasteiger partial charge in [-0.25, -0.2) is 4.79 Å². The van der Waals surface area contributed by atoms with Crippen LogP contribution in [0.25, 0.3) is 0 Å². The first-order valence-electron chi connectivity index (χ1n) is 5.45. The maximum absolute atomic E-state index is 11.9. The zero-order chi connectivity index (χ0) is 13.4. The Morgan fingerprint density at radius 2 is 2.17 bits per heavy atom. The maximum Gasteiger partial charge on any atom is 0.340 e. The lowest BCUT2D eigenvalue weighted by Gasteiger charge is -2.14. The second-order valence-corrected chi connectivity index (χ2v) is 6.55. The van der Waals surface area contributed by atoms with Crippen LogP contribution in [0.5, 0.6) is 0 Å². The number of rotatable bonds is 2. The molecule has 5 heteroatoms. The Balaban J connectivity index is 2.51. The van der Waals surface area contributed by atoms with Crippen LogP contribution >= 0.6 is 38.5 Å². The first-order valence-corrected chi connectivity index (χ1v) is 7.32. The summed E-state index contributed by atoms with van der Waals surface area (Å²) in [6, 6.07) is 3.88. The summed E-state index contributed by atoms with van der Waals surface area (Å²) in [5.74, 6) is -0.238. The fraction of sp³-hybridized carbons (Fsp3) is 0.308. The predicted octanol–water partition coefficient (Wildman–Crippen LogP) is 3.73. The van der Waals surface area contributed by atoms with Crippen LogP contribution < -0.4 is 0 Å². The minimum Gasteiger partial charge on any atom is -0.449 e. The molecule has 1 heterocycles. The van der Waals surface area contributed by atoms with Crippen LogP contribution in [0.2, 0.25) is 0 Å². The highest BCUT2D eigenvalue weighted by atomic mass is 127. The zero-order valence-corrected chi connectivity index (χ0v) is 14.1. The molecule has 96 valence electrons. The minimum absolute atomic E-state index is 0.238. The van der Waals surface area contributed by atoms with Gasteiger partial charge in [0.05, 0.1) is 5.56 Å². The molecule has 3 nitrogen and oxygen atoms in total. The van der Waals surface area contributed by atoms with E-state index in [1.807, 2.05) is 44.3 Å². The molecule has 0 fully saturated rings. The fourth-order valence-electron chi connectivity index (χ4n) is 2.06. The van der Waals surface area contributed by atoms with Crippen LogP contribution in [0.15, 0.2) is 28.4 Å². The first kappa shape index (κ1) is 13.9. The Kier molecular flexibility index (Phi) is 4.01. The van der Waals surface area contributed by atoms with Gasteiger partial charge in [0.1, 0.15) is 0 Å². The van der Waals surface area contributed by atoms with Gasteiger partial charge >= 0.3 is 5.97 Å². The number of benzene rings is 1. The van der Waals surface area contributed by atoms with Crippen molar-refractivity contribution in [3.8, 4) is 0 Å². The zero-order valence-electron chi connectivity index (χ0n) is 10.3. The Morgan fingerprint density at radius 3 is 2.78 bits per heavy atom. The molecule has 0 aromatic heterocycles. The highest BCUT2D eigenvalue weighted by molar-refractivity contribution is 14.1. The molecule has 0 saturated carbocycles. The van der Waals surface area contributed by atoms with E-state index in [9.17, 15) is 4.79 Å². The number of nitrogens with zero attached hydrogens (tertiary/aromatic N) is 1. The number of fused-ring (bicyclic) bond motifs is 1. The molecule has 0 aliphatic carbocycles. The molecular weight excluding hydrogens is 409 g/mol. The third-order valence-corrected chi connectivity index (χ3v) is 3.98. The summed E-state index contributed by atoms with van der Waals surface area (Å²) in [6.07, 6.45) is 1.70. The van der Waals surface area contributed by atoms with Crippen LogP contribution in [-0.2, 0) is 4.74 Å². The molecule has 1 unspecified atom stereocenters. The number of esters is 1. The second-order valence-electron chi connectivity index (χ2n) is 4.47. The summed E-state index contributed by atoms with van der Waals surface area (Å²) in [6.45, 7) is 1.97. The number of hydrogen-bond acceptors (Lipinski definition) is 3. The molecule has 1 atom stereocenters. The highest BCUT2D eigenvalue weighted by Gasteiger charge is 2.34. The van der Waals surface area contributed by atoms with Gasteiger partial charge in [-0.3, -0.25) is 0 Å². The molecule has 1 aromatic carbocycles. The van der Waals surface area contributed by atoms with E-state index < -0.39 is 0 Å². The molecule has 1 aromatic rings. The number of ether oxygens (including phenoxy) is 1. The lowest BCUT2D eigenvalue weighted by molar-refractivity contribution is 0.0446. The predicted molar refractivity (Wildman–Crippen MR) is 82.5 cm³/mol.